The molecule has 0 fully saturated rings. The number of carbonyl (C=O) groups excluding carboxylic acids is 3. The van der Waals surface area contributed by atoms with E-state index in [0.29, 0.717) is 22.7 Å². The predicted molar refractivity (Wildman–Crippen MR) is 112 cm³/mol. The quantitative estimate of drug-likeness (QED) is 0.655. The summed E-state index contributed by atoms with van der Waals surface area (Å²) in [5.74, 6) is -1.04. The zero-order valence-electron chi connectivity index (χ0n) is 16.6. The van der Waals surface area contributed by atoms with Crippen LogP contribution in [0.25, 0.3) is 0 Å². The Morgan fingerprint density at radius 1 is 1.03 bits per heavy atom. The molecule has 2 aromatic carbocycles. The van der Waals surface area contributed by atoms with Gasteiger partial charge >= 0.3 is 0 Å². The largest absolute Gasteiger partial charge is 0.467 e. The van der Waals surface area contributed by atoms with Crippen LogP contribution >= 0.6 is 0 Å². The van der Waals surface area contributed by atoms with Gasteiger partial charge in [0, 0.05) is 0 Å². The third-order valence-corrected chi connectivity index (χ3v) is 5.09. The van der Waals surface area contributed by atoms with Gasteiger partial charge in [0.05, 0.1) is 29.7 Å². The Balaban J connectivity index is 1.80. The minimum absolute atomic E-state index is 0.108. The van der Waals surface area contributed by atoms with Crippen LogP contribution in [0.4, 0.5) is 11.4 Å². The number of furan rings is 1. The van der Waals surface area contributed by atoms with Crippen LogP contribution in [0, 0.1) is 13.8 Å². The average Bonchev–Trinajstić information content (AvgIpc) is 3.21. The molecule has 7 heteroatoms. The number of anilines is 2. The molecule has 1 atom stereocenters. The third kappa shape index (κ3) is 3.45. The summed E-state index contributed by atoms with van der Waals surface area (Å²) in [6, 6.07) is 14.4. The smallest absolute Gasteiger partial charge is 0.261 e. The van der Waals surface area contributed by atoms with Crippen molar-refractivity contribution in [2.24, 2.45) is 0 Å². The lowest BCUT2D eigenvalue weighted by Gasteiger charge is -2.30. The molecule has 2 N–H and O–H groups in total. The molecule has 1 aromatic heterocycles. The minimum Gasteiger partial charge on any atom is -0.467 e. The maximum Gasteiger partial charge on any atom is 0.261 e. The molecular weight excluding hydrogens is 382 g/mol. The Morgan fingerprint density at radius 3 is 2.47 bits per heavy atom. The van der Waals surface area contributed by atoms with Gasteiger partial charge in [-0.3, -0.25) is 19.3 Å². The van der Waals surface area contributed by atoms with Gasteiger partial charge in [0.15, 0.2) is 6.04 Å². The van der Waals surface area contributed by atoms with E-state index < -0.39 is 23.8 Å². The molecule has 0 radical (unpaired) electrons. The van der Waals surface area contributed by atoms with Crippen molar-refractivity contribution in [1.82, 2.24) is 5.32 Å². The van der Waals surface area contributed by atoms with Crippen molar-refractivity contribution in [3.63, 3.8) is 0 Å². The number of aryl methyl sites for hydroxylation is 2. The van der Waals surface area contributed by atoms with E-state index in [4.69, 9.17) is 4.42 Å². The van der Waals surface area contributed by atoms with E-state index in [1.54, 1.807) is 36.4 Å². The number of nitrogens with one attached hydrogen (secondary N) is 2. The molecule has 3 amide bonds. The van der Waals surface area contributed by atoms with Gasteiger partial charge in [-0.15, -0.1) is 0 Å². The van der Waals surface area contributed by atoms with Crippen molar-refractivity contribution in [3.8, 4) is 0 Å². The van der Waals surface area contributed by atoms with Crippen molar-refractivity contribution in [2.75, 3.05) is 10.2 Å². The number of carbonyl (C=O) groups is 3. The summed E-state index contributed by atoms with van der Waals surface area (Å²) < 4.78 is 5.25. The number of fused-ring (bicyclic) bond motifs is 1. The van der Waals surface area contributed by atoms with E-state index in [-0.39, 0.29) is 6.54 Å². The van der Waals surface area contributed by atoms with Gasteiger partial charge in [0.1, 0.15) is 5.76 Å². The van der Waals surface area contributed by atoms with Crippen molar-refractivity contribution >= 4 is 29.1 Å². The lowest BCUT2D eigenvalue weighted by molar-refractivity contribution is -0.128. The first-order valence-corrected chi connectivity index (χ1v) is 9.57. The molecule has 0 saturated heterocycles. The van der Waals surface area contributed by atoms with E-state index in [9.17, 15) is 14.4 Å². The van der Waals surface area contributed by atoms with Crippen LogP contribution in [0.15, 0.2) is 65.3 Å². The number of amides is 3. The number of nitrogens with zero attached hydrogens (tertiary/aromatic N) is 1. The summed E-state index contributed by atoms with van der Waals surface area (Å²) in [5, 5.41) is 5.44. The van der Waals surface area contributed by atoms with Gasteiger partial charge < -0.3 is 15.1 Å². The van der Waals surface area contributed by atoms with E-state index in [1.807, 2.05) is 32.0 Å². The van der Waals surface area contributed by atoms with Gasteiger partial charge in [-0.05, 0) is 49.2 Å². The molecule has 30 heavy (non-hydrogen) atoms. The highest BCUT2D eigenvalue weighted by Gasteiger charge is 2.42. The maximum atomic E-state index is 13.6. The predicted octanol–water partition coefficient (Wildman–Crippen LogP) is 3.18. The number of hydrogen-bond donors (Lipinski definition) is 2. The second kappa shape index (κ2) is 7.87. The molecule has 4 rings (SSSR count). The van der Waals surface area contributed by atoms with Gasteiger partial charge in [-0.2, -0.15) is 0 Å². The summed E-state index contributed by atoms with van der Waals surface area (Å²) in [6.07, 6.45) is 1.50. The summed E-state index contributed by atoms with van der Waals surface area (Å²) in [4.78, 5) is 41.2. The second-order valence-corrected chi connectivity index (χ2v) is 7.15. The fraction of sp³-hybridized carbons (Fsp3) is 0.174. The van der Waals surface area contributed by atoms with Crippen LogP contribution in [-0.2, 0) is 16.1 Å². The van der Waals surface area contributed by atoms with E-state index in [0.717, 1.165) is 11.1 Å². The first-order valence-electron chi connectivity index (χ1n) is 9.57. The Labute approximate surface area is 173 Å². The molecule has 3 aromatic rings. The fourth-order valence-corrected chi connectivity index (χ4v) is 3.68. The normalized spacial score (nSPS) is 15.9. The lowest BCUT2D eigenvalue weighted by Crippen LogP contribution is -2.54. The zero-order chi connectivity index (χ0) is 21.3. The lowest BCUT2D eigenvalue weighted by atomic mass is 10.0. The van der Waals surface area contributed by atoms with E-state index in [2.05, 4.69) is 10.6 Å². The molecule has 2 heterocycles. The molecular formula is C23H21N3O4. The van der Waals surface area contributed by atoms with Crippen LogP contribution in [0.5, 0.6) is 0 Å². The highest BCUT2D eigenvalue weighted by atomic mass is 16.3. The van der Waals surface area contributed by atoms with Crippen LogP contribution in [0.1, 0.15) is 27.2 Å². The molecule has 0 spiro atoms. The Kier molecular flexibility index (Phi) is 5.10. The molecule has 1 aliphatic rings. The van der Waals surface area contributed by atoms with Crippen molar-refractivity contribution in [2.45, 2.75) is 26.4 Å². The second-order valence-electron chi connectivity index (χ2n) is 7.15. The summed E-state index contributed by atoms with van der Waals surface area (Å²) >= 11 is 0. The number of rotatable bonds is 4. The van der Waals surface area contributed by atoms with Gasteiger partial charge in [-0.1, -0.05) is 30.3 Å². The molecule has 0 aliphatic carbocycles. The highest BCUT2D eigenvalue weighted by Crippen LogP contribution is 2.32. The van der Waals surface area contributed by atoms with Crippen LogP contribution in [0.3, 0.4) is 0 Å². The van der Waals surface area contributed by atoms with Crippen molar-refractivity contribution in [1.29, 1.82) is 0 Å². The van der Waals surface area contributed by atoms with Crippen molar-refractivity contribution in [3.05, 3.63) is 83.3 Å². The first kappa shape index (κ1) is 19.4. The first-order chi connectivity index (χ1) is 14.5. The van der Waals surface area contributed by atoms with Crippen LogP contribution < -0.4 is 15.5 Å². The zero-order valence-corrected chi connectivity index (χ0v) is 16.6. The maximum absolute atomic E-state index is 13.6. The third-order valence-electron chi connectivity index (χ3n) is 5.09. The minimum atomic E-state index is -1.38. The van der Waals surface area contributed by atoms with Crippen LogP contribution in [0.2, 0.25) is 0 Å². The summed E-state index contributed by atoms with van der Waals surface area (Å²) in [5.41, 5.74) is 2.84. The summed E-state index contributed by atoms with van der Waals surface area (Å²) in [7, 11) is 0. The Hall–Kier alpha value is -3.87. The van der Waals surface area contributed by atoms with Crippen LogP contribution in [-0.4, -0.2) is 23.8 Å². The molecule has 152 valence electrons. The highest BCUT2D eigenvalue weighted by molar-refractivity contribution is 6.25. The Bertz CT molecular complexity index is 1100. The summed E-state index contributed by atoms with van der Waals surface area (Å²) in [6.45, 7) is 3.81. The molecule has 0 saturated carbocycles. The molecule has 1 aliphatic heterocycles. The Morgan fingerprint density at radius 2 is 1.77 bits per heavy atom. The average molecular weight is 403 g/mol. The standard InChI is InChI=1S/C23H21N3O4/c1-14-7-5-8-15(2)19(14)26-20(21(27)24-13-16-9-6-12-30-16)22(28)25-18-11-4-3-10-17(18)23(26)29/h3-12,20H,13H2,1-2H3,(H,24,27)(H,25,28). The molecule has 0 bridgehead atoms. The molecule has 1 unspecified atom stereocenters. The SMILES string of the molecule is Cc1cccc(C)c1N1C(=O)c2ccccc2NC(=O)C1C(=O)NCc1ccco1. The number of benzene rings is 2. The van der Waals surface area contributed by atoms with Gasteiger partial charge in [-0.25, -0.2) is 0 Å². The van der Waals surface area contributed by atoms with Gasteiger partial charge in [0.2, 0.25) is 0 Å². The van der Waals surface area contributed by atoms with Crippen molar-refractivity contribution < 1.29 is 18.8 Å². The fourth-order valence-electron chi connectivity index (χ4n) is 3.68. The number of hydrogen-bond acceptors (Lipinski definition) is 4. The number of para-hydroxylation sites is 2. The van der Waals surface area contributed by atoms with E-state index >= 15 is 0 Å². The topological polar surface area (TPSA) is 91.7 Å². The molecule has 7 nitrogen and oxygen atoms in total. The van der Waals surface area contributed by atoms with E-state index in [1.165, 1.54) is 11.2 Å². The van der Waals surface area contributed by atoms with Gasteiger partial charge in [0.25, 0.3) is 17.7 Å². The monoisotopic (exact) mass is 403 g/mol.